The van der Waals surface area contributed by atoms with Crippen LogP contribution in [0.1, 0.15) is 17.0 Å². The Hall–Kier alpha value is -3.46. The topological polar surface area (TPSA) is 34.9 Å². The summed E-state index contributed by atoms with van der Waals surface area (Å²) in [5.74, 6) is 0.612. The van der Waals surface area contributed by atoms with E-state index in [0.29, 0.717) is 16.7 Å². The number of fused-ring (bicyclic) bond motifs is 1. The molecular formula is C23H18N2O. The Morgan fingerprint density at radius 1 is 0.808 bits per heavy atom. The van der Waals surface area contributed by atoms with Gasteiger partial charge in [0.15, 0.2) is 0 Å². The molecule has 0 atom stereocenters. The van der Waals surface area contributed by atoms with E-state index in [1.165, 1.54) is 0 Å². The van der Waals surface area contributed by atoms with Crippen LogP contribution >= 0.6 is 0 Å². The molecule has 1 heterocycles. The molecule has 0 saturated carbocycles. The van der Waals surface area contributed by atoms with Crippen molar-refractivity contribution in [2.75, 3.05) is 0 Å². The van der Waals surface area contributed by atoms with Crippen molar-refractivity contribution in [3.8, 4) is 5.69 Å². The van der Waals surface area contributed by atoms with Gasteiger partial charge in [0.05, 0.1) is 16.6 Å². The van der Waals surface area contributed by atoms with Gasteiger partial charge in [0, 0.05) is 0 Å². The first-order valence-corrected chi connectivity index (χ1v) is 8.54. The normalized spacial score (nSPS) is 11.3. The van der Waals surface area contributed by atoms with Crippen LogP contribution in [-0.4, -0.2) is 9.55 Å². The Morgan fingerprint density at radius 2 is 1.50 bits per heavy atom. The maximum atomic E-state index is 13.1. The second kappa shape index (κ2) is 6.81. The monoisotopic (exact) mass is 338 g/mol. The van der Waals surface area contributed by atoms with Crippen LogP contribution < -0.4 is 5.56 Å². The number of hydrogen-bond donors (Lipinski definition) is 0. The molecule has 0 fully saturated rings. The van der Waals surface area contributed by atoms with Gasteiger partial charge in [0.1, 0.15) is 5.82 Å². The molecule has 0 radical (unpaired) electrons. The van der Waals surface area contributed by atoms with Gasteiger partial charge in [-0.3, -0.25) is 9.36 Å². The predicted octanol–water partition coefficient (Wildman–Crippen LogP) is 4.86. The Balaban J connectivity index is 1.95. The zero-order chi connectivity index (χ0) is 17.9. The molecule has 4 rings (SSSR count). The molecule has 3 aromatic carbocycles. The molecule has 0 bridgehead atoms. The molecular weight excluding hydrogens is 320 g/mol. The van der Waals surface area contributed by atoms with Crippen molar-refractivity contribution < 1.29 is 0 Å². The van der Waals surface area contributed by atoms with Crippen LogP contribution in [0.15, 0.2) is 83.7 Å². The Morgan fingerprint density at radius 3 is 2.27 bits per heavy atom. The first-order chi connectivity index (χ1) is 12.7. The summed E-state index contributed by atoms with van der Waals surface area (Å²) in [7, 11) is 0. The fourth-order valence-electron chi connectivity index (χ4n) is 2.94. The number of hydrogen-bond acceptors (Lipinski definition) is 2. The minimum absolute atomic E-state index is 0.0628. The van der Waals surface area contributed by atoms with Crippen molar-refractivity contribution in [3.05, 3.63) is 106 Å². The Bertz CT molecular complexity index is 1140. The number of para-hydroxylation sites is 1. The highest BCUT2D eigenvalue weighted by molar-refractivity contribution is 5.80. The highest BCUT2D eigenvalue weighted by Crippen LogP contribution is 2.16. The van der Waals surface area contributed by atoms with Crippen LogP contribution in [-0.2, 0) is 0 Å². The summed E-state index contributed by atoms with van der Waals surface area (Å²) in [4.78, 5) is 17.9. The molecule has 0 saturated heterocycles. The fourth-order valence-corrected chi connectivity index (χ4v) is 2.94. The summed E-state index contributed by atoms with van der Waals surface area (Å²) in [6, 6.07) is 25.4. The van der Waals surface area contributed by atoms with Crippen molar-refractivity contribution in [1.82, 2.24) is 9.55 Å². The third kappa shape index (κ3) is 3.07. The van der Waals surface area contributed by atoms with Gasteiger partial charge >= 0.3 is 0 Å². The van der Waals surface area contributed by atoms with E-state index >= 15 is 0 Å². The second-order valence-electron chi connectivity index (χ2n) is 6.21. The number of rotatable bonds is 3. The molecule has 1 aromatic heterocycles. The van der Waals surface area contributed by atoms with Crippen molar-refractivity contribution >= 4 is 23.1 Å². The van der Waals surface area contributed by atoms with Crippen LogP contribution in [0.2, 0.25) is 0 Å². The molecule has 0 aliphatic carbocycles. The predicted molar refractivity (Wildman–Crippen MR) is 107 cm³/mol. The molecule has 3 heteroatoms. The van der Waals surface area contributed by atoms with E-state index < -0.39 is 0 Å². The van der Waals surface area contributed by atoms with Crippen molar-refractivity contribution in [2.45, 2.75) is 6.92 Å². The third-order valence-corrected chi connectivity index (χ3v) is 4.32. The second-order valence-corrected chi connectivity index (χ2v) is 6.21. The average molecular weight is 338 g/mol. The molecule has 0 aliphatic heterocycles. The molecule has 0 unspecified atom stereocenters. The highest BCUT2D eigenvalue weighted by atomic mass is 16.1. The molecule has 3 nitrogen and oxygen atoms in total. The summed E-state index contributed by atoms with van der Waals surface area (Å²) in [5, 5.41) is 0.616. The van der Waals surface area contributed by atoms with Gasteiger partial charge in [-0.05, 0) is 42.8 Å². The van der Waals surface area contributed by atoms with Crippen LogP contribution in [0.5, 0.6) is 0 Å². The lowest BCUT2D eigenvalue weighted by molar-refractivity contribution is 0.943. The summed E-state index contributed by atoms with van der Waals surface area (Å²) < 4.78 is 1.67. The van der Waals surface area contributed by atoms with Crippen LogP contribution in [0.25, 0.3) is 28.7 Å². The van der Waals surface area contributed by atoms with Crippen LogP contribution in [0.3, 0.4) is 0 Å². The van der Waals surface area contributed by atoms with Gasteiger partial charge in [-0.2, -0.15) is 0 Å². The van der Waals surface area contributed by atoms with Gasteiger partial charge in [0.2, 0.25) is 0 Å². The number of aromatic nitrogens is 2. The molecule has 0 amide bonds. The van der Waals surface area contributed by atoms with Gasteiger partial charge < -0.3 is 0 Å². The van der Waals surface area contributed by atoms with Gasteiger partial charge in [-0.15, -0.1) is 0 Å². The van der Waals surface area contributed by atoms with E-state index in [1.54, 1.807) is 4.57 Å². The minimum atomic E-state index is -0.0628. The van der Waals surface area contributed by atoms with Crippen LogP contribution in [0.4, 0.5) is 0 Å². The van der Waals surface area contributed by atoms with Crippen molar-refractivity contribution in [3.63, 3.8) is 0 Å². The number of benzene rings is 3. The molecule has 126 valence electrons. The molecule has 0 aliphatic rings. The maximum Gasteiger partial charge on any atom is 0.266 e. The number of aryl methyl sites for hydroxylation is 1. The smallest absolute Gasteiger partial charge is 0.266 e. The Labute approximate surface area is 151 Å². The van der Waals surface area contributed by atoms with E-state index in [2.05, 4.69) is 0 Å². The molecule has 26 heavy (non-hydrogen) atoms. The lowest BCUT2D eigenvalue weighted by Crippen LogP contribution is -2.22. The van der Waals surface area contributed by atoms with E-state index in [-0.39, 0.29) is 5.56 Å². The quantitative estimate of drug-likeness (QED) is 0.534. The first kappa shape index (κ1) is 16.0. The third-order valence-electron chi connectivity index (χ3n) is 4.32. The first-order valence-electron chi connectivity index (χ1n) is 8.54. The van der Waals surface area contributed by atoms with Crippen molar-refractivity contribution in [1.29, 1.82) is 0 Å². The van der Waals surface area contributed by atoms with Crippen LogP contribution in [0, 0.1) is 6.92 Å². The maximum absolute atomic E-state index is 13.1. The zero-order valence-corrected chi connectivity index (χ0v) is 14.5. The standard InChI is InChI=1S/C23H18N2O/c1-17-11-14-19(15-12-17)25-22(16-13-18-7-3-2-4-8-18)24-21-10-6-5-9-20(21)23(25)26/h2-16H,1H3. The summed E-state index contributed by atoms with van der Waals surface area (Å²) in [5.41, 5.74) is 3.66. The average Bonchev–Trinajstić information content (AvgIpc) is 2.68. The van der Waals surface area contributed by atoms with Crippen molar-refractivity contribution in [2.24, 2.45) is 0 Å². The Kier molecular flexibility index (Phi) is 4.20. The van der Waals surface area contributed by atoms with Gasteiger partial charge in [0.25, 0.3) is 5.56 Å². The zero-order valence-electron chi connectivity index (χ0n) is 14.5. The SMILES string of the molecule is Cc1ccc(-n2c(C=Cc3ccccc3)nc3ccccc3c2=O)cc1. The summed E-state index contributed by atoms with van der Waals surface area (Å²) >= 11 is 0. The lowest BCUT2D eigenvalue weighted by atomic mass is 10.2. The minimum Gasteiger partial charge on any atom is -0.268 e. The lowest BCUT2D eigenvalue weighted by Gasteiger charge is -2.11. The summed E-state index contributed by atoms with van der Waals surface area (Å²) in [6.45, 7) is 2.03. The summed E-state index contributed by atoms with van der Waals surface area (Å²) in [6.07, 6.45) is 3.87. The van der Waals surface area contributed by atoms with E-state index in [9.17, 15) is 4.79 Å². The number of nitrogens with zero attached hydrogens (tertiary/aromatic N) is 2. The highest BCUT2D eigenvalue weighted by Gasteiger charge is 2.10. The fraction of sp³-hybridized carbons (Fsp3) is 0.0435. The van der Waals surface area contributed by atoms with E-state index in [4.69, 9.17) is 4.98 Å². The van der Waals surface area contributed by atoms with Gasteiger partial charge in [-0.25, -0.2) is 4.98 Å². The molecule has 4 aromatic rings. The van der Waals surface area contributed by atoms with E-state index in [1.807, 2.05) is 97.9 Å². The van der Waals surface area contributed by atoms with Gasteiger partial charge in [-0.1, -0.05) is 66.2 Å². The largest absolute Gasteiger partial charge is 0.268 e. The molecule has 0 spiro atoms. The molecule has 0 N–H and O–H groups in total. The van der Waals surface area contributed by atoms with E-state index in [0.717, 1.165) is 16.8 Å².